The average Bonchev–Trinajstić information content (AvgIpc) is 2.83. The summed E-state index contributed by atoms with van der Waals surface area (Å²) in [7, 11) is 0. The van der Waals surface area contributed by atoms with E-state index >= 15 is 0 Å². The van der Waals surface area contributed by atoms with E-state index in [4.69, 9.17) is 11.6 Å². The molecule has 6 rings (SSSR count). The number of fused-ring (bicyclic) bond motifs is 1. The van der Waals surface area contributed by atoms with E-state index in [1.807, 2.05) is 6.20 Å². The first-order valence-corrected chi connectivity index (χ1v) is 8.02. The van der Waals surface area contributed by atoms with Crippen molar-refractivity contribution in [2.45, 2.75) is 38.0 Å². The molecule has 0 aromatic carbocycles. The minimum absolute atomic E-state index is 0.454. The van der Waals surface area contributed by atoms with Crippen LogP contribution in [0.1, 0.15) is 43.8 Å². The molecule has 4 aliphatic rings. The quantitative estimate of drug-likeness (QED) is 0.808. The fraction of sp³-hybridized carbons (Fsp3) is 0.667. The molecule has 4 saturated carbocycles. The molecular formula is C15H17ClN4. The molecule has 2 aromatic rings. The number of halogens is 1. The van der Waals surface area contributed by atoms with E-state index in [-0.39, 0.29) is 0 Å². The summed E-state index contributed by atoms with van der Waals surface area (Å²) in [5.41, 5.74) is 0.706. The van der Waals surface area contributed by atoms with Crippen LogP contribution in [0.5, 0.6) is 0 Å². The Kier molecular flexibility index (Phi) is 2.26. The fourth-order valence-electron chi connectivity index (χ4n) is 5.39. The van der Waals surface area contributed by atoms with E-state index in [2.05, 4.69) is 19.6 Å². The zero-order chi connectivity index (χ0) is 13.3. The first-order chi connectivity index (χ1) is 9.79. The molecule has 0 atom stereocenters. The number of hydrogen-bond donors (Lipinski definition) is 0. The molecule has 0 N–H and O–H groups in total. The van der Waals surface area contributed by atoms with Gasteiger partial charge in [0.2, 0.25) is 0 Å². The van der Waals surface area contributed by atoms with E-state index in [1.165, 1.54) is 32.1 Å². The van der Waals surface area contributed by atoms with Gasteiger partial charge in [-0.2, -0.15) is 0 Å². The Bertz CT molecular complexity index is 652. The van der Waals surface area contributed by atoms with Gasteiger partial charge in [0.25, 0.3) is 0 Å². The molecule has 5 heteroatoms. The first-order valence-electron chi connectivity index (χ1n) is 7.64. The summed E-state index contributed by atoms with van der Waals surface area (Å²) in [6.07, 6.45) is 10.8. The Morgan fingerprint density at radius 1 is 1.00 bits per heavy atom. The van der Waals surface area contributed by atoms with Crippen molar-refractivity contribution < 1.29 is 0 Å². The second kappa shape index (κ2) is 3.94. The molecule has 2 heterocycles. The number of rotatable bonds is 1. The summed E-state index contributed by atoms with van der Waals surface area (Å²) >= 11 is 6.13. The van der Waals surface area contributed by atoms with Crippen molar-refractivity contribution >= 4 is 17.2 Å². The van der Waals surface area contributed by atoms with Crippen molar-refractivity contribution in [2.75, 3.05) is 0 Å². The maximum atomic E-state index is 6.13. The zero-order valence-corrected chi connectivity index (χ0v) is 12.0. The molecule has 0 radical (unpaired) electrons. The Balaban J connectivity index is 1.63. The minimum Gasteiger partial charge on any atom is -0.282 e. The Labute approximate surface area is 122 Å². The molecule has 0 unspecified atom stereocenters. The third-order valence-corrected chi connectivity index (χ3v) is 6.10. The van der Waals surface area contributed by atoms with Crippen LogP contribution in [0, 0.1) is 23.7 Å². The third-order valence-electron chi connectivity index (χ3n) is 5.84. The van der Waals surface area contributed by atoms with Crippen LogP contribution < -0.4 is 0 Å². The molecule has 0 amide bonds. The van der Waals surface area contributed by atoms with Crippen molar-refractivity contribution in [1.29, 1.82) is 0 Å². The van der Waals surface area contributed by atoms with Crippen LogP contribution in [0.4, 0.5) is 0 Å². The van der Waals surface area contributed by atoms with Crippen LogP contribution in [0.25, 0.3) is 5.65 Å². The highest BCUT2D eigenvalue weighted by Crippen LogP contribution is 2.59. The molecule has 0 spiro atoms. The smallest absolute Gasteiger partial charge is 0.198 e. The van der Waals surface area contributed by atoms with Gasteiger partial charge in [-0.15, -0.1) is 10.2 Å². The van der Waals surface area contributed by atoms with Gasteiger partial charge < -0.3 is 0 Å². The highest BCUT2D eigenvalue weighted by Gasteiger charge is 2.50. The lowest BCUT2D eigenvalue weighted by atomic mass is 9.51. The van der Waals surface area contributed by atoms with Crippen LogP contribution in [0.3, 0.4) is 0 Å². The van der Waals surface area contributed by atoms with Crippen LogP contribution in [0.15, 0.2) is 12.4 Å². The number of nitrogens with zero attached hydrogens (tertiary/aromatic N) is 4. The minimum atomic E-state index is 0.454. The van der Waals surface area contributed by atoms with Crippen LogP contribution in [-0.2, 0) is 0 Å². The number of aromatic nitrogens is 4. The summed E-state index contributed by atoms with van der Waals surface area (Å²) in [4.78, 5) is 4.10. The SMILES string of the molecule is Clc1nccn2c(C3C4CC5CC(C4)CC3C5)nnc12. The van der Waals surface area contributed by atoms with Crippen molar-refractivity contribution in [1.82, 2.24) is 19.6 Å². The molecule has 4 aliphatic carbocycles. The van der Waals surface area contributed by atoms with Gasteiger partial charge in [0, 0.05) is 18.3 Å². The topological polar surface area (TPSA) is 43.1 Å². The lowest BCUT2D eigenvalue weighted by Gasteiger charge is -2.53. The Morgan fingerprint density at radius 3 is 2.40 bits per heavy atom. The molecular weight excluding hydrogens is 272 g/mol. The predicted molar refractivity (Wildman–Crippen MR) is 75.6 cm³/mol. The molecule has 4 fully saturated rings. The lowest BCUT2D eigenvalue weighted by molar-refractivity contribution is -0.00597. The largest absolute Gasteiger partial charge is 0.282 e. The van der Waals surface area contributed by atoms with Gasteiger partial charge in [0.1, 0.15) is 5.82 Å². The molecule has 20 heavy (non-hydrogen) atoms. The Morgan fingerprint density at radius 2 is 1.70 bits per heavy atom. The third kappa shape index (κ3) is 1.46. The molecule has 0 saturated heterocycles. The van der Waals surface area contributed by atoms with Crippen molar-refractivity contribution in [3.63, 3.8) is 0 Å². The van der Waals surface area contributed by atoms with E-state index in [9.17, 15) is 0 Å². The van der Waals surface area contributed by atoms with Gasteiger partial charge in [-0.3, -0.25) is 4.40 Å². The second-order valence-electron chi connectivity index (χ2n) is 6.93. The van der Waals surface area contributed by atoms with Crippen molar-refractivity contribution in [3.05, 3.63) is 23.4 Å². The zero-order valence-electron chi connectivity index (χ0n) is 11.2. The highest BCUT2D eigenvalue weighted by atomic mass is 35.5. The van der Waals surface area contributed by atoms with Gasteiger partial charge >= 0.3 is 0 Å². The highest BCUT2D eigenvalue weighted by molar-refractivity contribution is 6.32. The van der Waals surface area contributed by atoms with Crippen LogP contribution in [0.2, 0.25) is 5.15 Å². The fourth-order valence-corrected chi connectivity index (χ4v) is 5.57. The standard InChI is InChI=1S/C15H17ClN4/c16-13-15-19-18-14(20(15)2-1-17-13)12-10-4-8-3-9(6-10)7-11(12)5-8/h1-2,8-12H,3-7H2. The second-order valence-corrected chi connectivity index (χ2v) is 7.28. The predicted octanol–water partition coefficient (Wildman–Crippen LogP) is 3.32. The summed E-state index contributed by atoms with van der Waals surface area (Å²) < 4.78 is 2.07. The van der Waals surface area contributed by atoms with Gasteiger partial charge in [0.15, 0.2) is 10.8 Å². The van der Waals surface area contributed by atoms with Crippen LogP contribution in [-0.4, -0.2) is 19.6 Å². The molecule has 4 nitrogen and oxygen atoms in total. The average molecular weight is 289 g/mol. The lowest BCUT2D eigenvalue weighted by Crippen LogP contribution is -2.44. The molecule has 2 aromatic heterocycles. The van der Waals surface area contributed by atoms with Gasteiger partial charge in [0.05, 0.1) is 0 Å². The summed E-state index contributed by atoms with van der Waals surface area (Å²) in [5, 5.41) is 9.21. The molecule has 4 bridgehead atoms. The van der Waals surface area contributed by atoms with Crippen molar-refractivity contribution in [2.24, 2.45) is 23.7 Å². The normalized spacial score (nSPS) is 38.8. The Hall–Kier alpha value is -1.16. The van der Waals surface area contributed by atoms with Gasteiger partial charge in [-0.25, -0.2) is 4.98 Å². The summed E-state index contributed by atoms with van der Waals surface area (Å²) in [5.74, 6) is 5.29. The van der Waals surface area contributed by atoms with E-state index in [1.54, 1.807) is 6.20 Å². The van der Waals surface area contributed by atoms with E-state index in [0.29, 0.717) is 16.7 Å². The summed E-state index contributed by atoms with van der Waals surface area (Å²) in [6.45, 7) is 0. The van der Waals surface area contributed by atoms with Gasteiger partial charge in [-0.1, -0.05) is 11.6 Å². The first kappa shape index (κ1) is 11.5. The molecule has 104 valence electrons. The van der Waals surface area contributed by atoms with E-state index in [0.717, 1.165) is 29.5 Å². The number of hydrogen-bond acceptors (Lipinski definition) is 3. The monoisotopic (exact) mass is 288 g/mol. The van der Waals surface area contributed by atoms with Gasteiger partial charge in [-0.05, 0) is 55.8 Å². The maximum absolute atomic E-state index is 6.13. The van der Waals surface area contributed by atoms with Crippen molar-refractivity contribution in [3.8, 4) is 0 Å². The molecule has 0 aliphatic heterocycles. The van der Waals surface area contributed by atoms with Crippen LogP contribution >= 0.6 is 11.6 Å². The summed E-state index contributed by atoms with van der Waals surface area (Å²) in [6, 6.07) is 0. The maximum Gasteiger partial charge on any atom is 0.198 e. The van der Waals surface area contributed by atoms with E-state index < -0.39 is 0 Å².